The van der Waals surface area contributed by atoms with Gasteiger partial charge in [-0.15, -0.1) is 0 Å². The maximum atomic E-state index is 13.4. The standard InChI is InChI=1S/C11H10FN3O/c12-7-2-1-3-8-9(7)15-10(14-8)11(4-5-11)13-6-16/h1-3,6H,4-5H2,(H,13,16)(H,14,15). The summed E-state index contributed by atoms with van der Waals surface area (Å²) in [7, 11) is 0. The van der Waals surface area contributed by atoms with Crippen molar-refractivity contribution in [2.24, 2.45) is 0 Å². The van der Waals surface area contributed by atoms with E-state index in [1.54, 1.807) is 12.1 Å². The molecule has 0 radical (unpaired) electrons. The molecule has 1 aliphatic rings. The van der Waals surface area contributed by atoms with Crippen molar-refractivity contribution in [1.29, 1.82) is 0 Å². The first-order valence-electron chi connectivity index (χ1n) is 5.11. The summed E-state index contributed by atoms with van der Waals surface area (Å²) in [5, 5.41) is 2.73. The van der Waals surface area contributed by atoms with Crippen molar-refractivity contribution < 1.29 is 9.18 Å². The second-order valence-electron chi connectivity index (χ2n) is 4.07. The monoisotopic (exact) mass is 219 g/mol. The Morgan fingerprint density at radius 1 is 1.50 bits per heavy atom. The molecule has 1 aliphatic carbocycles. The molecule has 0 saturated heterocycles. The first-order valence-corrected chi connectivity index (χ1v) is 5.11. The van der Waals surface area contributed by atoms with Gasteiger partial charge in [0.15, 0.2) is 5.82 Å². The molecule has 5 heteroatoms. The molecule has 1 aromatic carbocycles. The van der Waals surface area contributed by atoms with Gasteiger partial charge in [0, 0.05) is 0 Å². The Morgan fingerprint density at radius 3 is 2.94 bits per heavy atom. The molecule has 0 atom stereocenters. The van der Waals surface area contributed by atoms with Crippen molar-refractivity contribution in [3.8, 4) is 0 Å². The van der Waals surface area contributed by atoms with Crippen LogP contribution in [-0.2, 0) is 10.3 Å². The van der Waals surface area contributed by atoms with Gasteiger partial charge >= 0.3 is 0 Å². The van der Waals surface area contributed by atoms with Gasteiger partial charge in [-0.2, -0.15) is 0 Å². The molecular formula is C11H10FN3O. The number of carbonyl (C=O) groups is 1. The van der Waals surface area contributed by atoms with Gasteiger partial charge in [-0.05, 0) is 25.0 Å². The number of fused-ring (bicyclic) bond motifs is 1. The fraction of sp³-hybridized carbons (Fsp3) is 0.273. The normalized spacial score (nSPS) is 17.3. The highest BCUT2D eigenvalue weighted by Crippen LogP contribution is 2.44. The van der Waals surface area contributed by atoms with Gasteiger partial charge in [-0.25, -0.2) is 9.37 Å². The summed E-state index contributed by atoms with van der Waals surface area (Å²) >= 11 is 0. The molecule has 1 saturated carbocycles. The lowest BCUT2D eigenvalue weighted by molar-refractivity contribution is -0.110. The smallest absolute Gasteiger partial charge is 0.207 e. The number of hydrogen-bond donors (Lipinski definition) is 2. The first kappa shape index (κ1) is 9.33. The summed E-state index contributed by atoms with van der Waals surface area (Å²) < 4.78 is 13.4. The van der Waals surface area contributed by atoms with Gasteiger partial charge in [-0.3, -0.25) is 4.79 Å². The van der Waals surface area contributed by atoms with Crippen LogP contribution >= 0.6 is 0 Å². The number of rotatable bonds is 3. The zero-order valence-corrected chi connectivity index (χ0v) is 8.46. The number of benzene rings is 1. The fourth-order valence-corrected chi connectivity index (χ4v) is 1.91. The Balaban J connectivity index is 2.12. The highest BCUT2D eigenvalue weighted by atomic mass is 19.1. The van der Waals surface area contributed by atoms with Crippen molar-refractivity contribution >= 4 is 17.4 Å². The summed E-state index contributed by atoms with van der Waals surface area (Å²) in [6.45, 7) is 0. The van der Waals surface area contributed by atoms with Crippen molar-refractivity contribution in [3.63, 3.8) is 0 Å². The number of nitrogens with zero attached hydrogens (tertiary/aromatic N) is 1. The summed E-state index contributed by atoms with van der Waals surface area (Å²) in [6, 6.07) is 4.78. The highest BCUT2D eigenvalue weighted by Gasteiger charge is 2.47. The molecule has 2 aromatic rings. The lowest BCUT2D eigenvalue weighted by atomic mass is 10.2. The molecule has 0 unspecified atom stereocenters. The van der Waals surface area contributed by atoms with Crippen molar-refractivity contribution in [2.75, 3.05) is 0 Å². The van der Waals surface area contributed by atoms with Crippen molar-refractivity contribution in [3.05, 3.63) is 29.8 Å². The van der Waals surface area contributed by atoms with E-state index in [1.807, 2.05) is 0 Å². The number of halogens is 1. The molecule has 1 amide bonds. The maximum absolute atomic E-state index is 13.4. The van der Waals surface area contributed by atoms with Crippen LogP contribution in [0.25, 0.3) is 11.0 Å². The van der Waals surface area contributed by atoms with Crippen LogP contribution in [0.2, 0.25) is 0 Å². The quantitative estimate of drug-likeness (QED) is 0.767. The van der Waals surface area contributed by atoms with E-state index in [-0.39, 0.29) is 5.82 Å². The second-order valence-corrected chi connectivity index (χ2v) is 4.07. The molecule has 0 spiro atoms. The van der Waals surface area contributed by atoms with E-state index in [4.69, 9.17) is 0 Å². The molecule has 0 bridgehead atoms. The summed E-state index contributed by atoms with van der Waals surface area (Å²) in [6.07, 6.45) is 2.34. The van der Waals surface area contributed by atoms with E-state index in [2.05, 4.69) is 15.3 Å². The molecule has 1 heterocycles. The molecule has 3 rings (SSSR count). The van der Waals surface area contributed by atoms with Crippen LogP contribution in [0.3, 0.4) is 0 Å². The van der Waals surface area contributed by atoms with Crippen LogP contribution in [0.5, 0.6) is 0 Å². The van der Waals surface area contributed by atoms with Crippen molar-refractivity contribution in [2.45, 2.75) is 18.4 Å². The number of carbonyl (C=O) groups excluding carboxylic acids is 1. The van der Waals surface area contributed by atoms with E-state index in [0.29, 0.717) is 23.3 Å². The molecular weight excluding hydrogens is 209 g/mol. The third kappa shape index (κ3) is 1.21. The number of imidazole rings is 1. The van der Waals surface area contributed by atoms with Gasteiger partial charge in [0.1, 0.15) is 11.3 Å². The lowest BCUT2D eigenvalue weighted by Crippen LogP contribution is -2.28. The number of para-hydroxylation sites is 1. The summed E-state index contributed by atoms with van der Waals surface area (Å²) in [4.78, 5) is 17.8. The van der Waals surface area contributed by atoms with Crippen LogP contribution in [0.15, 0.2) is 18.2 Å². The Bertz CT molecular complexity index is 559. The highest BCUT2D eigenvalue weighted by molar-refractivity contribution is 5.76. The number of aromatic nitrogens is 2. The third-order valence-corrected chi connectivity index (χ3v) is 3.00. The number of amides is 1. The zero-order chi connectivity index (χ0) is 11.2. The maximum Gasteiger partial charge on any atom is 0.207 e. The minimum atomic E-state index is -0.396. The van der Waals surface area contributed by atoms with Crippen LogP contribution < -0.4 is 5.32 Å². The fourth-order valence-electron chi connectivity index (χ4n) is 1.91. The predicted molar refractivity (Wildman–Crippen MR) is 56.2 cm³/mol. The second kappa shape index (κ2) is 3.04. The Labute approximate surface area is 90.9 Å². The largest absolute Gasteiger partial charge is 0.346 e. The lowest BCUT2D eigenvalue weighted by Gasteiger charge is -2.09. The Hall–Kier alpha value is -1.91. The van der Waals surface area contributed by atoms with Gasteiger partial charge in [-0.1, -0.05) is 6.07 Å². The molecule has 2 N–H and O–H groups in total. The minimum Gasteiger partial charge on any atom is -0.346 e. The van der Waals surface area contributed by atoms with E-state index in [1.165, 1.54) is 6.07 Å². The first-order chi connectivity index (χ1) is 7.75. The van der Waals surface area contributed by atoms with E-state index < -0.39 is 5.54 Å². The van der Waals surface area contributed by atoms with Gasteiger partial charge in [0.25, 0.3) is 0 Å². The van der Waals surface area contributed by atoms with Gasteiger partial charge < -0.3 is 10.3 Å². The van der Waals surface area contributed by atoms with Crippen LogP contribution in [-0.4, -0.2) is 16.4 Å². The average molecular weight is 219 g/mol. The van der Waals surface area contributed by atoms with Gasteiger partial charge in [0.2, 0.25) is 6.41 Å². The molecule has 16 heavy (non-hydrogen) atoms. The molecule has 1 aromatic heterocycles. The van der Waals surface area contributed by atoms with Crippen LogP contribution in [0.4, 0.5) is 4.39 Å². The molecule has 1 fully saturated rings. The Kier molecular flexibility index (Phi) is 1.77. The SMILES string of the molecule is O=CNC1(c2nc3c(F)cccc3[nH]2)CC1. The Morgan fingerprint density at radius 2 is 2.31 bits per heavy atom. The van der Waals surface area contributed by atoms with Crippen LogP contribution in [0, 0.1) is 5.82 Å². The summed E-state index contributed by atoms with van der Waals surface area (Å²) in [5.74, 6) is 0.293. The van der Waals surface area contributed by atoms with Crippen molar-refractivity contribution in [1.82, 2.24) is 15.3 Å². The molecule has 4 nitrogen and oxygen atoms in total. The number of aromatic amines is 1. The van der Waals surface area contributed by atoms with Gasteiger partial charge in [0.05, 0.1) is 11.1 Å². The zero-order valence-electron chi connectivity index (χ0n) is 8.46. The number of H-pyrrole nitrogens is 1. The minimum absolute atomic E-state index is 0.330. The average Bonchev–Trinajstić information content (AvgIpc) is 2.91. The van der Waals surface area contributed by atoms with Crippen LogP contribution in [0.1, 0.15) is 18.7 Å². The molecule has 0 aliphatic heterocycles. The topological polar surface area (TPSA) is 57.8 Å². The van der Waals surface area contributed by atoms with E-state index >= 15 is 0 Å². The number of nitrogens with one attached hydrogen (secondary N) is 2. The molecule has 82 valence electrons. The third-order valence-electron chi connectivity index (χ3n) is 3.00. The predicted octanol–water partition coefficient (Wildman–Crippen LogP) is 1.44. The summed E-state index contributed by atoms with van der Waals surface area (Å²) in [5.41, 5.74) is 0.596. The van der Waals surface area contributed by atoms with E-state index in [9.17, 15) is 9.18 Å². The van der Waals surface area contributed by atoms with E-state index in [0.717, 1.165) is 12.8 Å². The number of hydrogen-bond acceptors (Lipinski definition) is 2.